The molecule has 2 aromatic heterocycles. The summed E-state index contributed by atoms with van der Waals surface area (Å²) in [6.45, 7) is 2.76. The molecule has 0 spiro atoms. The van der Waals surface area contributed by atoms with Crippen molar-refractivity contribution in [3.63, 3.8) is 0 Å². The lowest BCUT2D eigenvalue weighted by Gasteiger charge is -2.35. The number of guanidine groups is 1. The summed E-state index contributed by atoms with van der Waals surface area (Å²) >= 11 is 0. The van der Waals surface area contributed by atoms with E-state index in [1.807, 2.05) is 19.4 Å². The third-order valence-electron chi connectivity index (χ3n) is 4.42. The van der Waals surface area contributed by atoms with Gasteiger partial charge in [0.1, 0.15) is 12.0 Å². The van der Waals surface area contributed by atoms with Crippen molar-refractivity contribution in [3.05, 3.63) is 36.0 Å². The van der Waals surface area contributed by atoms with Crippen LogP contribution in [0.25, 0.3) is 0 Å². The molecule has 1 fully saturated rings. The molecule has 27 heavy (non-hydrogen) atoms. The first kappa shape index (κ1) is 19.4. The number of aliphatic imine (C=N–C) groups is 1. The van der Waals surface area contributed by atoms with Crippen molar-refractivity contribution >= 4 is 16.0 Å². The molecule has 148 valence electrons. The fraction of sp³-hybridized carbons (Fsp3) is 0.562. The van der Waals surface area contributed by atoms with Crippen molar-refractivity contribution in [2.45, 2.75) is 12.2 Å². The molecule has 3 rings (SSSR count). The summed E-state index contributed by atoms with van der Waals surface area (Å²) in [6.07, 6.45) is 6.06. The molecule has 0 saturated carbocycles. The highest BCUT2D eigenvalue weighted by atomic mass is 32.2. The van der Waals surface area contributed by atoms with Gasteiger partial charge in [0.25, 0.3) is 0 Å². The number of piperazine rings is 1. The Kier molecular flexibility index (Phi) is 6.11. The number of sulfonamides is 1. The standard InChI is InChI=1S/C16H25N7O3S/c1-17-16(18-5-3-14-11-19-21(2)12-14)22-6-8-23(9-7-22)27(24,25)13-15-4-10-26-20-15/h4,10-12H,3,5-9,13H2,1-2H3,(H,17,18). The smallest absolute Gasteiger partial charge is 0.220 e. The third kappa shape index (κ3) is 5.07. The van der Waals surface area contributed by atoms with Gasteiger partial charge in [0.2, 0.25) is 10.0 Å². The Labute approximate surface area is 158 Å². The summed E-state index contributed by atoms with van der Waals surface area (Å²) in [5.41, 5.74) is 1.58. The first-order valence-electron chi connectivity index (χ1n) is 8.78. The van der Waals surface area contributed by atoms with Gasteiger partial charge in [-0.05, 0) is 12.0 Å². The highest BCUT2D eigenvalue weighted by Gasteiger charge is 2.28. The zero-order valence-electron chi connectivity index (χ0n) is 15.6. The maximum atomic E-state index is 12.5. The quantitative estimate of drug-likeness (QED) is 0.527. The van der Waals surface area contributed by atoms with E-state index in [0.29, 0.717) is 31.9 Å². The molecular weight excluding hydrogens is 370 g/mol. The summed E-state index contributed by atoms with van der Waals surface area (Å²) in [5, 5.41) is 11.2. The van der Waals surface area contributed by atoms with Crippen LogP contribution in [0.1, 0.15) is 11.3 Å². The largest absolute Gasteiger partial charge is 0.364 e. The van der Waals surface area contributed by atoms with Gasteiger partial charge in [-0.25, -0.2) is 8.42 Å². The van der Waals surface area contributed by atoms with Crippen LogP contribution in [0.3, 0.4) is 0 Å². The van der Waals surface area contributed by atoms with Crippen LogP contribution in [0.15, 0.2) is 34.2 Å². The van der Waals surface area contributed by atoms with E-state index in [9.17, 15) is 8.42 Å². The molecular formula is C16H25N7O3S. The predicted octanol–water partition coefficient (Wildman–Crippen LogP) is -0.326. The molecule has 1 aliphatic rings. The number of nitrogens with zero attached hydrogens (tertiary/aromatic N) is 6. The van der Waals surface area contributed by atoms with Crippen LogP contribution >= 0.6 is 0 Å². The Morgan fingerprint density at radius 2 is 2.11 bits per heavy atom. The molecule has 11 heteroatoms. The van der Waals surface area contributed by atoms with Crippen LogP contribution < -0.4 is 5.32 Å². The SMILES string of the molecule is CN=C(NCCc1cnn(C)c1)N1CCN(S(=O)(=O)Cc2ccon2)CC1. The average molecular weight is 395 g/mol. The van der Waals surface area contributed by atoms with Gasteiger partial charge in [-0.15, -0.1) is 0 Å². The van der Waals surface area contributed by atoms with Gasteiger partial charge in [-0.2, -0.15) is 9.40 Å². The molecule has 0 radical (unpaired) electrons. The van der Waals surface area contributed by atoms with E-state index in [4.69, 9.17) is 4.52 Å². The first-order chi connectivity index (χ1) is 13.0. The molecule has 0 aromatic carbocycles. The molecule has 0 atom stereocenters. The van der Waals surface area contributed by atoms with Gasteiger partial charge in [0, 0.05) is 59.1 Å². The van der Waals surface area contributed by atoms with Gasteiger partial charge in [0.05, 0.1) is 11.9 Å². The Morgan fingerprint density at radius 3 is 2.70 bits per heavy atom. The second-order valence-corrected chi connectivity index (χ2v) is 8.35. The fourth-order valence-corrected chi connectivity index (χ4v) is 4.45. The summed E-state index contributed by atoms with van der Waals surface area (Å²) in [6, 6.07) is 1.57. The normalized spacial score (nSPS) is 16.7. The fourth-order valence-electron chi connectivity index (χ4n) is 3.02. The topological polar surface area (TPSA) is 109 Å². The van der Waals surface area contributed by atoms with Crippen molar-refractivity contribution < 1.29 is 12.9 Å². The van der Waals surface area contributed by atoms with Crippen molar-refractivity contribution in [2.24, 2.45) is 12.0 Å². The molecule has 0 aliphatic carbocycles. The minimum Gasteiger partial charge on any atom is -0.364 e. The first-order valence-corrected chi connectivity index (χ1v) is 10.4. The van der Waals surface area contributed by atoms with E-state index in [0.717, 1.165) is 24.5 Å². The van der Waals surface area contributed by atoms with E-state index in [2.05, 4.69) is 25.5 Å². The third-order valence-corrected chi connectivity index (χ3v) is 6.23. The lowest BCUT2D eigenvalue weighted by atomic mass is 10.2. The number of hydrogen-bond acceptors (Lipinski definition) is 6. The molecule has 2 aromatic rings. The van der Waals surface area contributed by atoms with Gasteiger partial charge in [-0.3, -0.25) is 9.67 Å². The van der Waals surface area contributed by atoms with Crippen molar-refractivity contribution in [1.29, 1.82) is 0 Å². The van der Waals surface area contributed by atoms with Crippen LogP contribution in [0.5, 0.6) is 0 Å². The minimum atomic E-state index is -3.40. The van der Waals surface area contributed by atoms with Crippen LogP contribution in [0.2, 0.25) is 0 Å². The molecule has 0 amide bonds. The van der Waals surface area contributed by atoms with Crippen molar-refractivity contribution in [1.82, 2.24) is 29.5 Å². The Bertz CT molecular complexity index is 852. The second-order valence-electron chi connectivity index (χ2n) is 6.38. The Balaban J connectivity index is 1.48. The minimum absolute atomic E-state index is 0.137. The number of hydrogen-bond donors (Lipinski definition) is 1. The molecule has 0 bridgehead atoms. The highest BCUT2D eigenvalue weighted by molar-refractivity contribution is 7.88. The Morgan fingerprint density at radius 1 is 1.33 bits per heavy atom. The van der Waals surface area contributed by atoms with Crippen molar-refractivity contribution in [3.8, 4) is 0 Å². The number of nitrogens with one attached hydrogen (secondary N) is 1. The zero-order chi connectivity index (χ0) is 19.3. The molecule has 0 unspecified atom stereocenters. The van der Waals surface area contributed by atoms with E-state index >= 15 is 0 Å². The summed E-state index contributed by atoms with van der Waals surface area (Å²) in [5.74, 6) is 0.647. The van der Waals surface area contributed by atoms with Crippen molar-refractivity contribution in [2.75, 3.05) is 39.8 Å². The highest BCUT2D eigenvalue weighted by Crippen LogP contribution is 2.12. The lowest BCUT2D eigenvalue weighted by Crippen LogP contribution is -2.54. The summed E-state index contributed by atoms with van der Waals surface area (Å²) in [7, 11) is 0.233. The molecule has 3 heterocycles. The predicted molar refractivity (Wildman–Crippen MR) is 101 cm³/mol. The van der Waals surface area contributed by atoms with Gasteiger partial charge < -0.3 is 14.7 Å². The van der Waals surface area contributed by atoms with Gasteiger partial charge >= 0.3 is 0 Å². The van der Waals surface area contributed by atoms with Crippen LogP contribution in [-0.2, 0) is 29.2 Å². The molecule has 1 N–H and O–H groups in total. The van der Waals surface area contributed by atoms with E-state index in [1.165, 1.54) is 10.6 Å². The van der Waals surface area contributed by atoms with Crippen LogP contribution in [0.4, 0.5) is 0 Å². The monoisotopic (exact) mass is 395 g/mol. The number of rotatable bonds is 6. The van der Waals surface area contributed by atoms with Gasteiger partial charge in [-0.1, -0.05) is 5.16 Å². The van der Waals surface area contributed by atoms with E-state index < -0.39 is 10.0 Å². The average Bonchev–Trinajstić information content (AvgIpc) is 3.30. The number of aryl methyl sites for hydroxylation is 1. The van der Waals surface area contributed by atoms with E-state index in [1.54, 1.807) is 17.8 Å². The molecule has 1 aliphatic heterocycles. The summed E-state index contributed by atoms with van der Waals surface area (Å²) < 4.78 is 33.0. The lowest BCUT2D eigenvalue weighted by molar-refractivity contribution is 0.260. The maximum absolute atomic E-state index is 12.5. The molecule has 10 nitrogen and oxygen atoms in total. The Hall–Kier alpha value is -2.40. The number of aromatic nitrogens is 3. The van der Waals surface area contributed by atoms with Crippen LogP contribution in [-0.4, -0.2) is 78.3 Å². The maximum Gasteiger partial charge on any atom is 0.220 e. The summed E-state index contributed by atoms with van der Waals surface area (Å²) in [4.78, 5) is 6.39. The zero-order valence-corrected chi connectivity index (χ0v) is 16.4. The second kappa shape index (κ2) is 8.53. The van der Waals surface area contributed by atoms with E-state index in [-0.39, 0.29) is 5.75 Å². The molecule has 1 saturated heterocycles. The van der Waals surface area contributed by atoms with Gasteiger partial charge in [0.15, 0.2) is 5.96 Å². The van der Waals surface area contributed by atoms with Crippen LogP contribution in [0, 0.1) is 0 Å².